The van der Waals surface area contributed by atoms with Gasteiger partial charge in [0.2, 0.25) is 5.91 Å². The Labute approximate surface area is 129 Å². The Morgan fingerprint density at radius 1 is 1.38 bits per heavy atom. The molecule has 1 amide bonds. The van der Waals surface area contributed by atoms with E-state index in [0.717, 1.165) is 22.3 Å². The highest BCUT2D eigenvalue weighted by molar-refractivity contribution is 9.10. The lowest BCUT2D eigenvalue weighted by atomic mass is 10.00. The summed E-state index contributed by atoms with van der Waals surface area (Å²) in [6.45, 7) is 0.0800. The van der Waals surface area contributed by atoms with Crippen molar-refractivity contribution in [2.24, 2.45) is 5.73 Å². The highest BCUT2D eigenvalue weighted by Gasteiger charge is 2.27. The molecule has 0 saturated heterocycles. The molecular formula is C16H13BrFNO2. The topological polar surface area (TPSA) is 63.3 Å². The molecule has 5 heteroatoms. The number of halogens is 2. The summed E-state index contributed by atoms with van der Waals surface area (Å²) in [7, 11) is 0. The molecule has 3 rings (SSSR count). The number of primary amides is 1. The van der Waals surface area contributed by atoms with Gasteiger partial charge in [0, 0.05) is 17.7 Å². The summed E-state index contributed by atoms with van der Waals surface area (Å²) >= 11 is 3.27. The number of hydrogen-bond acceptors (Lipinski definition) is 2. The van der Waals surface area contributed by atoms with E-state index in [0.29, 0.717) is 22.9 Å². The largest absolute Gasteiger partial charge is 0.396 e. The molecule has 0 heterocycles. The molecule has 0 radical (unpaired) electrons. The summed E-state index contributed by atoms with van der Waals surface area (Å²) < 4.78 is 14.4. The van der Waals surface area contributed by atoms with Crippen molar-refractivity contribution in [2.75, 3.05) is 6.61 Å². The fourth-order valence-corrected chi connectivity index (χ4v) is 3.43. The van der Waals surface area contributed by atoms with Crippen LogP contribution in [-0.2, 0) is 12.8 Å². The van der Waals surface area contributed by atoms with Crippen LogP contribution in [0.1, 0.15) is 27.0 Å². The van der Waals surface area contributed by atoms with E-state index in [2.05, 4.69) is 15.9 Å². The van der Waals surface area contributed by atoms with E-state index in [1.807, 2.05) is 18.2 Å². The minimum Gasteiger partial charge on any atom is -0.396 e. The maximum Gasteiger partial charge on any atom is 0.249 e. The molecule has 3 nitrogen and oxygen atoms in total. The van der Waals surface area contributed by atoms with Crippen LogP contribution in [0.2, 0.25) is 0 Å². The number of nitrogens with two attached hydrogens (primary N) is 1. The zero-order valence-electron chi connectivity index (χ0n) is 11.1. The van der Waals surface area contributed by atoms with E-state index in [9.17, 15) is 9.18 Å². The maximum atomic E-state index is 14.0. The molecule has 2 aromatic rings. The Hall–Kier alpha value is -1.72. The van der Waals surface area contributed by atoms with Gasteiger partial charge in [-0.15, -0.1) is 0 Å². The molecule has 2 aromatic carbocycles. The summed E-state index contributed by atoms with van der Waals surface area (Å²) in [5, 5.41) is 9.02. The third-order valence-corrected chi connectivity index (χ3v) is 4.57. The lowest BCUT2D eigenvalue weighted by molar-refractivity contribution is 0.0999. The normalized spacial score (nSPS) is 12.1. The first-order chi connectivity index (χ1) is 10.0. The summed E-state index contributed by atoms with van der Waals surface area (Å²) in [6.07, 6.45) is 1.11. The van der Waals surface area contributed by atoms with Gasteiger partial charge < -0.3 is 10.8 Å². The first-order valence-electron chi connectivity index (χ1n) is 6.56. The molecule has 0 spiro atoms. The second-order valence-electron chi connectivity index (χ2n) is 5.08. The van der Waals surface area contributed by atoms with Crippen molar-refractivity contribution in [2.45, 2.75) is 12.8 Å². The van der Waals surface area contributed by atoms with Gasteiger partial charge in [0.05, 0.1) is 4.47 Å². The van der Waals surface area contributed by atoms with E-state index in [-0.39, 0.29) is 12.2 Å². The molecule has 1 aliphatic carbocycles. The van der Waals surface area contributed by atoms with Gasteiger partial charge in [-0.3, -0.25) is 4.79 Å². The molecule has 108 valence electrons. The van der Waals surface area contributed by atoms with Crippen molar-refractivity contribution in [3.8, 4) is 11.1 Å². The number of fused-ring (bicyclic) bond motifs is 3. The summed E-state index contributed by atoms with van der Waals surface area (Å²) in [4.78, 5) is 11.6. The number of hydrogen-bond donors (Lipinski definition) is 2. The third-order valence-electron chi connectivity index (χ3n) is 3.80. The van der Waals surface area contributed by atoms with Crippen LogP contribution >= 0.6 is 15.9 Å². The van der Waals surface area contributed by atoms with Crippen LogP contribution in [0.15, 0.2) is 28.7 Å². The molecule has 0 saturated carbocycles. The van der Waals surface area contributed by atoms with Crippen molar-refractivity contribution in [1.82, 2.24) is 0 Å². The lowest BCUT2D eigenvalue weighted by Gasteiger charge is -2.09. The summed E-state index contributed by atoms with van der Waals surface area (Å²) in [5.74, 6) is -1.11. The average Bonchev–Trinajstić information content (AvgIpc) is 2.81. The van der Waals surface area contributed by atoms with Crippen LogP contribution in [0.4, 0.5) is 4.39 Å². The van der Waals surface area contributed by atoms with Gasteiger partial charge >= 0.3 is 0 Å². The Morgan fingerprint density at radius 3 is 2.81 bits per heavy atom. The molecule has 21 heavy (non-hydrogen) atoms. The zero-order chi connectivity index (χ0) is 15.1. The van der Waals surface area contributed by atoms with E-state index >= 15 is 0 Å². The standard InChI is InChI=1S/C16H13BrFNO2/c17-15-13(18)7-12(16(19)21)11-6-9-5-8(3-4-20)1-2-10(9)14(11)15/h1-2,5,7,20H,3-4,6H2,(H2,19,21). The van der Waals surface area contributed by atoms with Gasteiger partial charge in [-0.05, 0) is 57.1 Å². The van der Waals surface area contributed by atoms with Gasteiger partial charge in [-0.25, -0.2) is 4.39 Å². The fraction of sp³-hybridized carbons (Fsp3) is 0.188. The number of benzene rings is 2. The molecule has 0 atom stereocenters. The first kappa shape index (κ1) is 14.2. The molecule has 0 aromatic heterocycles. The SMILES string of the molecule is NC(=O)c1cc(F)c(Br)c2c1Cc1cc(CCO)ccc1-2. The van der Waals surface area contributed by atoms with Gasteiger partial charge in [0.1, 0.15) is 5.82 Å². The second kappa shape index (κ2) is 5.24. The van der Waals surface area contributed by atoms with Crippen LogP contribution in [0.25, 0.3) is 11.1 Å². The Morgan fingerprint density at radius 2 is 2.14 bits per heavy atom. The Kier molecular flexibility index (Phi) is 3.55. The van der Waals surface area contributed by atoms with Crippen molar-refractivity contribution >= 4 is 21.8 Å². The summed E-state index contributed by atoms with van der Waals surface area (Å²) in [5.41, 5.74) is 9.99. The number of carbonyl (C=O) groups excluding carboxylic acids is 1. The fourth-order valence-electron chi connectivity index (χ4n) is 2.86. The number of rotatable bonds is 3. The van der Waals surface area contributed by atoms with Crippen LogP contribution in [0, 0.1) is 5.82 Å². The van der Waals surface area contributed by atoms with Crippen LogP contribution in [-0.4, -0.2) is 17.6 Å². The number of amides is 1. The Bertz CT molecular complexity index is 758. The monoisotopic (exact) mass is 349 g/mol. The number of aliphatic hydroxyl groups excluding tert-OH is 1. The van der Waals surface area contributed by atoms with E-state index in [1.54, 1.807) is 0 Å². The van der Waals surface area contributed by atoms with Gasteiger partial charge in [0.25, 0.3) is 0 Å². The van der Waals surface area contributed by atoms with Crippen LogP contribution in [0.5, 0.6) is 0 Å². The molecule has 0 fully saturated rings. The van der Waals surface area contributed by atoms with Crippen molar-refractivity contribution in [1.29, 1.82) is 0 Å². The highest BCUT2D eigenvalue weighted by Crippen LogP contribution is 2.44. The maximum absolute atomic E-state index is 14.0. The predicted octanol–water partition coefficient (Wildman–Crippen LogP) is 2.79. The Balaban J connectivity index is 2.21. The first-order valence-corrected chi connectivity index (χ1v) is 7.36. The van der Waals surface area contributed by atoms with Crippen molar-refractivity contribution < 1.29 is 14.3 Å². The third kappa shape index (κ3) is 2.26. The van der Waals surface area contributed by atoms with Gasteiger partial charge in [0.15, 0.2) is 0 Å². The minimum atomic E-state index is -0.624. The van der Waals surface area contributed by atoms with Crippen LogP contribution in [0.3, 0.4) is 0 Å². The molecule has 0 aliphatic heterocycles. The quantitative estimate of drug-likeness (QED) is 0.763. The summed E-state index contributed by atoms with van der Waals surface area (Å²) in [6, 6.07) is 6.99. The molecule has 1 aliphatic rings. The smallest absolute Gasteiger partial charge is 0.249 e. The van der Waals surface area contributed by atoms with Gasteiger partial charge in [-0.2, -0.15) is 0 Å². The van der Waals surface area contributed by atoms with E-state index in [4.69, 9.17) is 10.8 Å². The number of carbonyl (C=O) groups is 1. The van der Waals surface area contributed by atoms with Crippen LogP contribution < -0.4 is 5.73 Å². The van der Waals surface area contributed by atoms with Gasteiger partial charge in [-0.1, -0.05) is 18.2 Å². The molecule has 3 N–H and O–H groups in total. The van der Waals surface area contributed by atoms with Crippen molar-refractivity contribution in [3.05, 3.63) is 56.8 Å². The lowest BCUT2D eigenvalue weighted by Crippen LogP contribution is -2.14. The zero-order valence-corrected chi connectivity index (χ0v) is 12.7. The molecular weight excluding hydrogens is 337 g/mol. The molecule has 0 bridgehead atoms. The number of aliphatic hydroxyl groups is 1. The highest BCUT2D eigenvalue weighted by atomic mass is 79.9. The molecule has 0 unspecified atom stereocenters. The second-order valence-corrected chi connectivity index (χ2v) is 5.87. The minimum absolute atomic E-state index is 0.0800. The van der Waals surface area contributed by atoms with E-state index in [1.165, 1.54) is 6.07 Å². The predicted molar refractivity (Wildman–Crippen MR) is 81.6 cm³/mol. The van der Waals surface area contributed by atoms with Crippen molar-refractivity contribution in [3.63, 3.8) is 0 Å². The van der Waals surface area contributed by atoms with E-state index < -0.39 is 11.7 Å². The average molecular weight is 350 g/mol.